The van der Waals surface area contributed by atoms with E-state index in [0.717, 1.165) is 21.7 Å². The van der Waals surface area contributed by atoms with Gasteiger partial charge in [0.15, 0.2) is 0 Å². The first kappa shape index (κ1) is 16.0. The number of fused-ring (bicyclic) bond motifs is 1. The minimum absolute atomic E-state index is 0.0417. The Morgan fingerprint density at radius 2 is 2.04 bits per heavy atom. The van der Waals surface area contributed by atoms with E-state index < -0.39 is 10.0 Å². The predicted octanol–water partition coefficient (Wildman–Crippen LogP) is 2.52. The minimum Gasteiger partial charge on any atom is -0.324 e. The molecular weight excluding hydrogens is 332 g/mol. The number of carbonyl (C=O) groups is 1. The molecule has 3 rings (SSSR count). The molecule has 23 heavy (non-hydrogen) atoms. The Bertz CT molecular complexity index is 863. The zero-order valence-corrected chi connectivity index (χ0v) is 14.1. The number of nitrogens with one attached hydrogen (secondary N) is 2. The van der Waals surface area contributed by atoms with Crippen molar-refractivity contribution in [3.05, 3.63) is 53.6 Å². The van der Waals surface area contributed by atoms with Crippen LogP contribution < -0.4 is 10.0 Å². The number of aryl methyl sites for hydroxylation is 1. The van der Waals surface area contributed by atoms with Crippen molar-refractivity contribution in [1.29, 1.82) is 0 Å². The van der Waals surface area contributed by atoms with Crippen LogP contribution in [0.5, 0.6) is 0 Å². The van der Waals surface area contributed by atoms with Gasteiger partial charge >= 0.3 is 0 Å². The van der Waals surface area contributed by atoms with E-state index in [2.05, 4.69) is 10.0 Å². The molecule has 120 valence electrons. The summed E-state index contributed by atoms with van der Waals surface area (Å²) in [5, 5.41) is 2.80. The van der Waals surface area contributed by atoms with Crippen molar-refractivity contribution < 1.29 is 13.2 Å². The maximum absolute atomic E-state index is 12.3. The molecule has 0 spiro atoms. The largest absolute Gasteiger partial charge is 0.324 e. The standard InChI is InChI=1S/C16H16N2O3S2/c1-11-3-2-4-13(7-11)23(20,21)17-9-12-5-6-15-14(8-12)18-16(19)10-22-15/h2-8,17H,9-10H2,1H3,(H,18,19). The van der Waals surface area contributed by atoms with E-state index in [1.165, 1.54) is 11.8 Å². The van der Waals surface area contributed by atoms with Crippen LogP contribution >= 0.6 is 11.8 Å². The molecule has 0 bridgehead atoms. The summed E-state index contributed by atoms with van der Waals surface area (Å²) in [5.74, 6) is 0.367. The number of rotatable bonds is 4. The molecule has 0 aliphatic carbocycles. The molecule has 0 atom stereocenters. The average Bonchev–Trinajstić information content (AvgIpc) is 2.52. The summed E-state index contributed by atoms with van der Waals surface area (Å²) < 4.78 is 27.2. The summed E-state index contributed by atoms with van der Waals surface area (Å²) >= 11 is 1.48. The molecule has 2 aromatic rings. The molecule has 0 unspecified atom stereocenters. The molecule has 1 amide bonds. The lowest BCUT2D eigenvalue weighted by atomic mass is 10.2. The molecule has 0 fully saturated rings. The molecule has 5 nitrogen and oxygen atoms in total. The highest BCUT2D eigenvalue weighted by Crippen LogP contribution is 2.32. The van der Waals surface area contributed by atoms with E-state index in [4.69, 9.17) is 0 Å². The number of thioether (sulfide) groups is 1. The van der Waals surface area contributed by atoms with Gasteiger partial charge in [-0.15, -0.1) is 11.8 Å². The van der Waals surface area contributed by atoms with Gasteiger partial charge in [0, 0.05) is 11.4 Å². The third kappa shape index (κ3) is 3.74. The zero-order chi connectivity index (χ0) is 16.4. The molecule has 1 aliphatic rings. The van der Waals surface area contributed by atoms with Gasteiger partial charge in [-0.2, -0.15) is 0 Å². The highest BCUT2D eigenvalue weighted by Gasteiger charge is 2.17. The Balaban J connectivity index is 1.75. The van der Waals surface area contributed by atoms with Gasteiger partial charge < -0.3 is 5.32 Å². The lowest BCUT2D eigenvalue weighted by Gasteiger charge is -2.17. The van der Waals surface area contributed by atoms with Crippen molar-refractivity contribution in [2.75, 3.05) is 11.1 Å². The molecule has 7 heteroatoms. The predicted molar refractivity (Wildman–Crippen MR) is 91.0 cm³/mol. The van der Waals surface area contributed by atoms with Gasteiger partial charge in [0.2, 0.25) is 15.9 Å². The highest BCUT2D eigenvalue weighted by molar-refractivity contribution is 8.00. The fraction of sp³-hybridized carbons (Fsp3) is 0.188. The Morgan fingerprint density at radius 1 is 1.22 bits per heavy atom. The van der Waals surface area contributed by atoms with E-state index in [0.29, 0.717) is 5.75 Å². The van der Waals surface area contributed by atoms with Gasteiger partial charge in [-0.1, -0.05) is 18.2 Å². The molecule has 1 heterocycles. The first-order valence-electron chi connectivity index (χ1n) is 7.06. The van der Waals surface area contributed by atoms with Crippen LogP contribution in [0.2, 0.25) is 0 Å². The van der Waals surface area contributed by atoms with Crippen LogP contribution in [0.15, 0.2) is 52.3 Å². The zero-order valence-electron chi connectivity index (χ0n) is 12.5. The first-order chi connectivity index (χ1) is 10.9. The maximum Gasteiger partial charge on any atom is 0.240 e. The molecule has 1 aliphatic heterocycles. The second-order valence-corrected chi connectivity index (χ2v) is 8.09. The Morgan fingerprint density at radius 3 is 2.83 bits per heavy atom. The van der Waals surface area contributed by atoms with E-state index >= 15 is 0 Å². The van der Waals surface area contributed by atoms with Crippen molar-refractivity contribution in [3.8, 4) is 0 Å². The fourth-order valence-electron chi connectivity index (χ4n) is 2.28. The Hall–Kier alpha value is -1.83. The number of carbonyl (C=O) groups excluding carboxylic acids is 1. The quantitative estimate of drug-likeness (QED) is 0.890. The fourth-order valence-corrected chi connectivity index (χ4v) is 4.20. The summed E-state index contributed by atoms with van der Waals surface area (Å²) in [6.07, 6.45) is 0. The monoisotopic (exact) mass is 348 g/mol. The second-order valence-electron chi connectivity index (χ2n) is 5.31. The van der Waals surface area contributed by atoms with E-state index in [9.17, 15) is 13.2 Å². The lowest BCUT2D eigenvalue weighted by molar-refractivity contribution is -0.113. The van der Waals surface area contributed by atoms with Gasteiger partial charge in [-0.25, -0.2) is 13.1 Å². The normalized spacial score (nSPS) is 14.2. The average molecular weight is 348 g/mol. The summed E-state index contributed by atoms with van der Waals surface area (Å²) in [6.45, 7) is 2.02. The Labute approximate surface area is 139 Å². The third-order valence-electron chi connectivity index (χ3n) is 3.44. The van der Waals surface area contributed by atoms with Crippen LogP contribution in [0.4, 0.5) is 5.69 Å². The SMILES string of the molecule is Cc1cccc(S(=O)(=O)NCc2ccc3c(c2)NC(=O)CS3)c1. The number of benzene rings is 2. The van der Waals surface area contributed by atoms with E-state index in [1.807, 2.05) is 25.1 Å². The van der Waals surface area contributed by atoms with Gasteiger partial charge in [-0.05, 0) is 42.3 Å². The number of amides is 1. The topological polar surface area (TPSA) is 75.3 Å². The molecule has 0 radical (unpaired) electrons. The minimum atomic E-state index is -3.56. The number of anilines is 1. The summed E-state index contributed by atoms with van der Waals surface area (Å²) in [4.78, 5) is 12.7. The lowest BCUT2D eigenvalue weighted by Crippen LogP contribution is -2.24. The number of hydrogen-bond donors (Lipinski definition) is 2. The molecule has 0 saturated heterocycles. The van der Waals surface area contributed by atoms with E-state index in [1.54, 1.807) is 24.3 Å². The molecule has 0 saturated carbocycles. The third-order valence-corrected chi connectivity index (χ3v) is 5.92. The van der Waals surface area contributed by atoms with Crippen LogP contribution in [0, 0.1) is 6.92 Å². The number of hydrogen-bond acceptors (Lipinski definition) is 4. The summed E-state index contributed by atoms with van der Waals surface area (Å²) in [5.41, 5.74) is 2.42. The van der Waals surface area contributed by atoms with Crippen molar-refractivity contribution in [1.82, 2.24) is 4.72 Å². The molecule has 2 N–H and O–H groups in total. The van der Waals surface area contributed by atoms with Crippen molar-refractivity contribution in [2.45, 2.75) is 23.3 Å². The van der Waals surface area contributed by atoms with Crippen LogP contribution in [0.3, 0.4) is 0 Å². The van der Waals surface area contributed by atoms with E-state index in [-0.39, 0.29) is 17.3 Å². The van der Waals surface area contributed by atoms with Crippen LogP contribution in [-0.4, -0.2) is 20.1 Å². The first-order valence-corrected chi connectivity index (χ1v) is 9.53. The van der Waals surface area contributed by atoms with Gasteiger partial charge in [0.1, 0.15) is 0 Å². The van der Waals surface area contributed by atoms with Crippen molar-refractivity contribution in [3.63, 3.8) is 0 Å². The van der Waals surface area contributed by atoms with Crippen LogP contribution in [-0.2, 0) is 21.4 Å². The molecule has 2 aromatic carbocycles. The smallest absolute Gasteiger partial charge is 0.240 e. The van der Waals surface area contributed by atoms with Crippen LogP contribution in [0.25, 0.3) is 0 Å². The Kier molecular flexibility index (Phi) is 4.43. The van der Waals surface area contributed by atoms with Gasteiger partial charge in [0.25, 0.3) is 0 Å². The second kappa shape index (κ2) is 6.35. The summed E-state index contributed by atoms with van der Waals surface area (Å²) in [7, 11) is -3.56. The van der Waals surface area contributed by atoms with Crippen LogP contribution in [0.1, 0.15) is 11.1 Å². The summed E-state index contributed by atoms with van der Waals surface area (Å²) in [6, 6.07) is 12.3. The van der Waals surface area contributed by atoms with Crippen molar-refractivity contribution >= 4 is 33.4 Å². The van der Waals surface area contributed by atoms with Gasteiger partial charge in [0.05, 0.1) is 16.3 Å². The maximum atomic E-state index is 12.3. The molecule has 0 aromatic heterocycles. The number of sulfonamides is 1. The highest BCUT2D eigenvalue weighted by atomic mass is 32.2. The molecular formula is C16H16N2O3S2. The van der Waals surface area contributed by atoms with Gasteiger partial charge in [-0.3, -0.25) is 4.79 Å². The van der Waals surface area contributed by atoms with Crippen molar-refractivity contribution in [2.24, 2.45) is 0 Å².